The van der Waals surface area contributed by atoms with Gasteiger partial charge >= 0.3 is 6.09 Å². The lowest BCUT2D eigenvalue weighted by molar-refractivity contribution is -0.114. The predicted octanol–water partition coefficient (Wildman–Crippen LogP) is 3.59. The third-order valence-corrected chi connectivity index (χ3v) is 4.68. The quantitative estimate of drug-likeness (QED) is 0.664. The zero-order valence-corrected chi connectivity index (χ0v) is 18.0. The second-order valence-corrected chi connectivity index (χ2v) is 8.38. The van der Waals surface area contributed by atoms with Gasteiger partial charge in [-0.15, -0.1) is 0 Å². The molecule has 2 aromatic rings. The van der Waals surface area contributed by atoms with E-state index in [1.54, 1.807) is 40.0 Å². The maximum Gasteiger partial charge on any atom is 0.412 e. The van der Waals surface area contributed by atoms with E-state index >= 15 is 0 Å². The molecule has 1 heterocycles. The molecular weight excluding hydrogens is 392 g/mol. The first-order valence-electron chi connectivity index (χ1n) is 9.15. The van der Waals surface area contributed by atoms with Gasteiger partial charge < -0.3 is 15.4 Å². The molecule has 0 spiro atoms. The fourth-order valence-electron chi connectivity index (χ4n) is 2.46. The summed E-state index contributed by atoms with van der Waals surface area (Å²) < 4.78 is 5.23. The van der Waals surface area contributed by atoms with Crippen molar-refractivity contribution in [2.75, 3.05) is 17.7 Å². The molecular formula is C20H26N4O4S. The molecule has 0 atom stereocenters. The Morgan fingerprint density at radius 1 is 1.07 bits per heavy atom. The van der Waals surface area contributed by atoms with Gasteiger partial charge in [-0.05, 0) is 51.3 Å². The Bertz CT molecular complexity index is 885. The van der Waals surface area contributed by atoms with Gasteiger partial charge in [-0.2, -0.15) is 0 Å². The molecule has 0 fully saturated rings. The summed E-state index contributed by atoms with van der Waals surface area (Å²) >= 11 is 1.15. The second kappa shape index (κ2) is 9.51. The Hall–Kier alpha value is -2.94. The number of nitrogens with one attached hydrogen (secondary N) is 3. The van der Waals surface area contributed by atoms with Gasteiger partial charge in [0.15, 0.2) is 5.13 Å². The molecule has 2 rings (SSSR count). The Balaban J connectivity index is 2.02. The molecule has 1 aromatic carbocycles. The highest BCUT2D eigenvalue weighted by atomic mass is 32.1. The van der Waals surface area contributed by atoms with E-state index in [4.69, 9.17) is 4.74 Å². The van der Waals surface area contributed by atoms with Crippen LogP contribution in [-0.4, -0.2) is 35.5 Å². The van der Waals surface area contributed by atoms with Gasteiger partial charge in [0.25, 0.3) is 5.91 Å². The zero-order valence-electron chi connectivity index (χ0n) is 17.2. The standard InChI is InChI=1S/C20H26N4O4S/c1-12(25)22-18-24-15(16(29-18)17(26)21-5)11-8-13-6-9-14(10-7-13)23-19(27)28-20(2,3)4/h6-7,9-10H,8,11H2,1-5H3,(H,21,26)(H,23,27)(H,22,24,25). The van der Waals surface area contributed by atoms with Gasteiger partial charge in [0.2, 0.25) is 5.91 Å². The molecule has 29 heavy (non-hydrogen) atoms. The van der Waals surface area contributed by atoms with Gasteiger partial charge in [-0.1, -0.05) is 23.5 Å². The number of nitrogens with zero attached hydrogens (tertiary/aromatic N) is 1. The summed E-state index contributed by atoms with van der Waals surface area (Å²) in [7, 11) is 1.56. The maximum absolute atomic E-state index is 12.1. The molecule has 1 aromatic heterocycles. The van der Waals surface area contributed by atoms with Gasteiger partial charge in [0.05, 0.1) is 5.69 Å². The van der Waals surface area contributed by atoms with Gasteiger partial charge in [-0.3, -0.25) is 14.9 Å². The van der Waals surface area contributed by atoms with Crippen molar-refractivity contribution in [3.63, 3.8) is 0 Å². The molecule has 8 nitrogen and oxygen atoms in total. The van der Waals surface area contributed by atoms with Crippen LogP contribution in [0.5, 0.6) is 0 Å². The van der Waals surface area contributed by atoms with Gasteiger partial charge in [-0.25, -0.2) is 9.78 Å². The number of thiazole rings is 1. The van der Waals surface area contributed by atoms with E-state index in [-0.39, 0.29) is 11.8 Å². The van der Waals surface area contributed by atoms with Crippen molar-refractivity contribution in [1.82, 2.24) is 10.3 Å². The SMILES string of the molecule is CNC(=O)c1sc(NC(C)=O)nc1CCc1ccc(NC(=O)OC(C)(C)C)cc1. The number of ether oxygens (including phenoxy) is 1. The Morgan fingerprint density at radius 3 is 2.28 bits per heavy atom. The van der Waals surface area contributed by atoms with Crippen LogP contribution >= 0.6 is 11.3 Å². The van der Waals surface area contributed by atoms with E-state index < -0.39 is 11.7 Å². The molecule has 0 aliphatic rings. The Morgan fingerprint density at radius 2 is 1.72 bits per heavy atom. The minimum Gasteiger partial charge on any atom is -0.444 e. The first-order valence-corrected chi connectivity index (χ1v) is 9.97. The van der Waals surface area contributed by atoms with E-state index in [2.05, 4.69) is 20.9 Å². The smallest absolute Gasteiger partial charge is 0.412 e. The van der Waals surface area contributed by atoms with Crippen LogP contribution < -0.4 is 16.0 Å². The lowest BCUT2D eigenvalue weighted by Gasteiger charge is -2.19. The van der Waals surface area contributed by atoms with E-state index in [0.29, 0.717) is 34.2 Å². The number of amides is 3. The normalized spacial score (nSPS) is 10.9. The maximum atomic E-state index is 12.1. The van der Waals surface area contributed by atoms with E-state index in [1.165, 1.54) is 6.92 Å². The van der Waals surface area contributed by atoms with Crippen molar-refractivity contribution < 1.29 is 19.1 Å². The van der Waals surface area contributed by atoms with Crippen LogP contribution in [-0.2, 0) is 22.4 Å². The van der Waals surface area contributed by atoms with Gasteiger partial charge in [0, 0.05) is 19.7 Å². The summed E-state index contributed by atoms with van der Waals surface area (Å²) in [6.45, 7) is 6.81. The molecule has 0 radical (unpaired) electrons. The lowest BCUT2D eigenvalue weighted by atomic mass is 10.1. The molecule has 3 N–H and O–H groups in total. The summed E-state index contributed by atoms with van der Waals surface area (Å²) in [5, 5.41) is 8.31. The summed E-state index contributed by atoms with van der Waals surface area (Å²) in [5.41, 5.74) is 1.73. The number of benzene rings is 1. The molecule has 3 amide bonds. The monoisotopic (exact) mass is 418 g/mol. The first-order chi connectivity index (χ1) is 13.6. The topological polar surface area (TPSA) is 109 Å². The van der Waals surface area contributed by atoms with Crippen molar-refractivity contribution in [3.8, 4) is 0 Å². The zero-order chi connectivity index (χ0) is 21.6. The molecule has 0 aliphatic heterocycles. The summed E-state index contributed by atoms with van der Waals surface area (Å²) in [5.74, 6) is -0.465. The summed E-state index contributed by atoms with van der Waals surface area (Å²) in [4.78, 5) is 40.0. The Kier molecular flexibility index (Phi) is 7.33. The lowest BCUT2D eigenvalue weighted by Crippen LogP contribution is -2.27. The number of hydrogen-bond donors (Lipinski definition) is 3. The van der Waals surface area contributed by atoms with Crippen LogP contribution in [0.1, 0.15) is 48.6 Å². The minimum atomic E-state index is -0.559. The van der Waals surface area contributed by atoms with Crippen LogP contribution in [0.3, 0.4) is 0 Å². The predicted molar refractivity (Wildman–Crippen MR) is 114 cm³/mol. The van der Waals surface area contributed by atoms with E-state index in [1.807, 2.05) is 12.1 Å². The van der Waals surface area contributed by atoms with Crippen molar-refractivity contribution in [1.29, 1.82) is 0 Å². The van der Waals surface area contributed by atoms with Crippen LogP contribution in [0.4, 0.5) is 15.6 Å². The van der Waals surface area contributed by atoms with Crippen molar-refractivity contribution >= 4 is 40.1 Å². The molecule has 0 saturated heterocycles. The minimum absolute atomic E-state index is 0.231. The van der Waals surface area contributed by atoms with Gasteiger partial charge in [0.1, 0.15) is 10.5 Å². The van der Waals surface area contributed by atoms with Crippen molar-refractivity contribution in [2.45, 2.75) is 46.1 Å². The second-order valence-electron chi connectivity index (χ2n) is 7.38. The molecule has 0 unspecified atom stereocenters. The summed E-state index contributed by atoms with van der Waals surface area (Å²) in [6, 6.07) is 7.38. The van der Waals surface area contributed by atoms with Crippen molar-refractivity contribution in [3.05, 3.63) is 40.4 Å². The largest absolute Gasteiger partial charge is 0.444 e. The first kappa shape index (κ1) is 22.4. The number of carbonyl (C=O) groups excluding carboxylic acids is 3. The average molecular weight is 419 g/mol. The van der Waals surface area contributed by atoms with Crippen LogP contribution in [0.15, 0.2) is 24.3 Å². The van der Waals surface area contributed by atoms with E-state index in [9.17, 15) is 14.4 Å². The molecule has 0 saturated carbocycles. The number of hydrogen-bond acceptors (Lipinski definition) is 6. The molecule has 9 heteroatoms. The highest BCUT2D eigenvalue weighted by molar-refractivity contribution is 7.17. The highest BCUT2D eigenvalue weighted by Crippen LogP contribution is 2.24. The third kappa shape index (κ3) is 7.19. The van der Waals surface area contributed by atoms with Crippen LogP contribution in [0, 0.1) is 0 Å². The number of carbonyl (C=O) groups is 3. The van der Waals surface area contributed by atoms with Crippen molar-refractivity contribution in [2.24, 2.45) is 0 Å². The fraction of sp³-hybridized carbons (Fsp3) is 0.400. The number of anilines is 2. The third-order valence-electron chi connectivity index (χ3n) is 3.66. The Labute approximate surface area is 174 Å². The molecule has 0 aliphatic carbocycles. The number of aryl methyl sites for hydroxylation is 2. The highest BCUT2D eigenvalue weighted by Gasteiger charge is 2.18. The molecule has 156 valence electrons. The summed E-state index contributed by atoms with van der Waals surface area (Å²) in [6.07, 6.45) is 0.686. The van der Waals surface area contributed by atoms with Crippen LogP contribution in [0.25, 0.3) is 0 Å². The fourth-order valence-corrected chi connectivity index (χ4v) is 3.46. The number of aromatic nitrogens is 1. The van der Waals surface area contributed by atoms with Crippen LogP contribution in [0.2, 0.25) is 0 Å². The average Bonchev–Trinajstić information content (AvgIpc) is 3.00. The van der Waals surface area contributed by atoms with E-state index in [0.717, 1.165) is 16.9 Å². The molecule has 0 bridgehead atoms. The number of rotatable bonds is 6.